The lowest BCUT2D eigenvalue weighted by atomic mass is 10.2. The lowest BCUT2D eigenvalue weighted by Gasteiger charge is -2.16. The lowest BCUT2D eigenvalue weighted by molar-refractivity contribution is 0.519. The molecule has 2 aromatic rings. The fourth-order valence-corrected chi connectivity index (χ4v) is 4.17. The molecule has 0 saturated heterocycles. The Kier molecular flexibility index (Phi) is 9.63. The minimum atomic E-state index is -3.49. The number of halogens is 1. The number of hydrogen-bond acceptors (Lipinski definition) is 5. The molecule has 0 fully saturated rings. The molecule has 10 heteroatoms. The van der Waals surface area contributed by atoms with E-state index < -0.39 is 10.0 Å². The molecule has 0 saturated carbocycles. The van der Waals surface area contributed by atoms with Gasteiger partial charge in [0.05, 0.1) is 11.4 Å². The number of hydrogen-bond donors (Lipinski definition) is 2. The number of guanidine groups is 1. The molecule has 0 amide bonds. The zero-order valence-corrected chi connectivity index (χ0v) is 19.9. The fourth-order valence-electron chi connectivity index (χ4n) is 2.25. The predicted molar refractivity (Wildman–Crippen MR) is 121 cm³/mol. The van der Waals surface area contributed by atoms with Gasteiger partial charge in [-0.1, -0.05) is 25.1 Å². The van der Waals surface area contributed by atoms with Crippen molar-refractivity contribution in [3.8, 4) is 0 Å². The Morgan fingerprint density at radius 3 is 2.48 bits per heavy atom. The molecule has 0 spiro atoms. The van der Waals surface area contributed by atoms with Gasteiger partial charge in [0.25, 0.3) is 0 Å². The van der Waals surface area contributed by atoms with Crippen molar-refractivity contribution < 1.29 is 8.42 Å². The Morgan fingerprint density at radius 1 is 1.22 bits per heavy atom. The summed E-state index contributed by atoms with van der Waals surface area (Å²) in [6.45, 7) is 3.02. The molecule has 27 heavy (non-hydrogen) atoms. The van der Waals surface area contributed by atoms with E-state index in [1.165, 1.54) is 23.3 Å². The monoisotopic (exact) mass is 523 g/mol. The number of nitrogens with one attached hydrogen (secondary N) is 2. The molecule has 0 aliphatic rings. The largest absolute Gasteiger partial charge is 0.352 e. The molecule has 0 aliphatic carbocycles. The van der Waals surface area contributed by atoms with Crippen LogP contribution in [-0.4, -0.2) is 44.8 Å². The maximum atomic E-state index is 12.5. The van der Waals surface area contributed by atoms with Crippen molar-refractivity contribution in [2.45, 2.75) is 31.3 Å². The van der Waals surface area contributed by atoms with Crippen molar-refractivity contribution in [3.05, 3.63) is 45.9 Å². The zero-order chi connectivity index (χ0) is 19.2. The summed E-state index contributed by atoms with van der Waals surface area (Å²) in [7, 11) is 1.24. The predicted octanol–water partition coefficient (Wildman–Crippen LogP) is 2.44. The molecule has 0 bridgehead atoms. The molecule has 1 aromatic carbocycles. The average Bonchev–Trinajstić information content (AvgIpc) is 3.10. The van der Waals surface area contributed by atoms with E-state index in [9.17, 15) is 8.42 Å². The third kappa shape index (κ3) is 6.40. The van der Waals surface area contributed by atoms with Gasteiger partial charge < -0.3 is 10.6 Å². The van der Waals surface area contributed by atoms with Crippen molar-refractivity contribution >= 4 is 51.3 Å². The number of aliphatic imine (C=N–C) groups is 1. The third-order valence-corrected chi connectivity index (χ3v) is 6.82. The van der Waals surface area contributed by atoms with Gasteiger partial charge in [0.15, 0.2) is 5.96 Å². The highest BCUT2D eigenvalue weighted by atomic mass is 127. The van der Waals surface area contributed by atoms with Crippen molar-refractivity contribution in [1.29, 1.82) is 0 Å². The zero-order valence-electron chi connectivity index (χ0n) is 15.9. The highest BCUT2D eigenvalue weighted by Crippen LogP contribution is 2.18. The lowest BCUT2D eigenvalue weighted by Crippen LogP contribution is -2.36. The molecular weight excluding hydrogens is 497 g/mol. The van der Waals surface area contributed by atoms with Gasteiger partial charge in [-0.05, 0) is 18.1 Å². The van der Waals surface area contributed by atoms with E-state index in [-0.39, 0.29) is 24.0 Å². The highest BCUT2D eigenvalue weighted by molar-refractivity contribution is 14.0. The van der Waals surface area contributed by atoms with Crippen LogP contribution in [0.25, 0.3) is 0 Å². The van der Waals surface area contributed by atoms with E-state index in [2.05, 4.69) is 27.5 Å². The third-order valence-electron chi connectivity index (χ3n) is 3.76. The quantitative estimate of drug-likeness (QED) is 0.331. The molecule has 0 unspecified atom stereocenters. The van der Waals surface area contributed by atoms with E-state index >= 15 is 0 Å². The van der Waals surface area contributed by atoms with E-state index in [4.69, 9.17) is 0 Å². The summed E-state index contributed by atoms with van der Waals surface area (Å²) in [5.74, 6) is 0.593. The molecule has 150 valence electrons. The van der Waals surface area contributed by atoms with Gasteiger partial charge in [-0.15, -0.1) is 35.3 Å². The minimum Gasteiger partial charge on any atom is -0.352 e. The SMILES string of the molecule is CCc1cnc(CNC(=NC)NCc2ccccc2S(=O)(=O)N(C)C)s1.I. The minimum absolute atomic E-state index is 0. The number of thiazole rings is 1. The van der Waals surface area contributed by atoms with Gasteiger partial charge >= 0.3 is 0 Å². The first-order chi connectivity index (χ1) is 12.4. The second-order valence-corrected chi connectivity index (χ2v) is 9.07. The smallest absolute Gasteiger partial charge is 0.242 e. The van der Waals surface area contributed by atoms with Crippen LogP contribution < -0.4 is 10.6 Å². The Morgan fingerprint density at radius 2 is 1.89 bits per heavy atom. The summed E-state index contributed by atoms with van der Waals surface area (Å²) in [4.78, 5) is 10.1. The van der Waals surface area contributed by atoms with E-state index in [0.29, 0.717) is 29.5 Å². The molecule has 1 aromatic heterocycles. The molecule has 7 nitrogen and oxygen atoms in total. The summed E-state index contributed by atoms with van der Waals surface area (Å²) >= 11 is 1.67. The van der Waals surface area contributed by atoms with Crippen LogP contribution in [0.1, 0.15) is 22.4 Å². The maximum Gasteiger partial charge on any atom is 0.242 e. The van der Waals surface area contributed by atoms with Gasteiger partial charge in [0, 0.05) is 38.8 Å². The standard InChI is InChI=1S/C17H25N5O2S2.HI/c1-5-14-11-19-16(25-14)12-21-17(18-2)20-10-13-8-6-7-9-15(13)26(23,24)22(3)4;/h6-9,11H,5,10,12H2,1-4H3,(H2,18,20,21);1H. The van der Waals surface area contributed by atoms with Crippen molar-refractivity contribution in [2.24, 2.45) is 4.99 Å². The summed E-state index contributed by atoms with van der Waals surface area (Å²) in [5, 5.41) is 7.35. The first kappa shape index (κ1) is 23.8. The van der Waals surface area contributed by atoms with Gasteiger partial charge in [0.2, 0.25) is 10.0 Å². The van der Waals surface area contributed by atoms with Gasteiger partial charge in [-0.2, -0.15) is 0 Å². The summed E-state index contributed by atoms with van der Waals surface area (Å²) in [6.07, 6.45) is 2.86. The van der Waals surface area contributed by atoms with Crippen molar-refractivity contribution in [1.82, 2.24) is 19.9 Å². The van der Waals surface area contributed by atoms with Gasteiger partial charge in [0.1, 0.15) is 5.01 Å². The summed E-state index contributed by atoms with van der Waals surface area (Å²) in [5.41, 5.74) is 0.687. The Balaban J connectivity index is 0.00000364. The number of rotatable bonds is 7. The van der Waals surface area contributed by atoms with Crippen LogP contribution in [0.2, 0.25) is 0 Å². The van der Waals surface area contributed by atoms with Crippen molar-refractivity contribution in [3.63, 3.8) is 0 Å². The van der Waals surface area contributed by atoms with Crippen LogP contribution in [-0.2, 0) is 29.5 Å². The maximum absolute atomic E-state index is 12.5. The molecule has 2 rings (SSSR count). The number of benzene rings is 1. The Labute approximate surface area is 182 Å². The fraction of sp³-hybridized carbons (Fsp3) is 0.412. The van der Waals surface area contributed by atoms with Crippen LogP contribution >= 0.6 is 35.3 Å². The van der Waals surface area contributed by atoms with Gasteiger partial charge in [-0.25, -0.2) is 17.7 Å². The van der Waals surface area contributed by atoms with Crippen LogP contribution in [0, 0.1) is 0 Å². The number of nitrogens with zero attached hydrogens (tertiary/aromatic N) is 3. The number of aryl methyl sites for hydroxylation is 1. The molecular formula is C17H26IN5O2S2. The van der Waals surface area contributed by atoms with E-state index in [0.717, 1.165) is 11.4 Å². The molecule has 1 heterocycles. The first-order valence-electron chi connectivity index (χ1n) is 8.27. The molecule has 2 N–H and O–H groups in total. The number of aromatic nitrogens is 1. The highest BCUT2D eigenvalue weighted by Gasteiger charge is 2.20. The van der Waals surface area contributed by atoms with E-state index in [1.54, 1.807) is 36.6 Å². The van der Waals surface area contributed by atoms with Crippen LogP contribution in [0.15, 0.2) is 40.4 Å². The van der Waals surface area contributed by atoms with Gasteiger partial charge in [-0.3, -0.25) is 4.99 Å². The molecule has 0 radical (unpaired) electrons. The average molecular weight is 523 g/mol. The second kappa shape index (κ2) is 10.9. The number of sulfonamides is 1. The van der Waals surface area contributed by atoms with Crippen LogP contribution in [0.5, 0.6) is 0 Å². The first-order valence-corrected chi connectivity index (χ1v) is 10.5. The normalized spacial score (nSPS) is 12.0. The topological polar surface area (TPSA) is 86.7 Å². The van der Waals surface area contributed by atoms with Crippen molar-refractivity contribution in [2.75, 3.05) is 21.1 Å². The molecule has 0 atom stereocenters. The van der Waals surface area contributed by atoms with Crippen LogP contribution in [0.4, 0.5) is 0 Å². The second-order valence-electron chi connectivity index (χ2n) is 5.75. The summed E-state index contributed by atoms with van der Waals surface area (Å²) < 4.78 is 26.1. The Hall–Kier alpha value is -1.24. The van der Waals surface area contributed by atoms with E-state index in [1.807, 2.05) is 12.3 Å². The van der Waals surface area contributed by atoms with Crippen LogP contribution in [0.3, 0.4) is 0 Å². The molecule has 0 aliphatic heterocycles. The summed E-state index contributed by atoms with van der Waals surface area (Å²) in [6, 6.07) is 6.96. The Bertz CT molecular complexity index is 866.